The van der Waals surface area contributed by atoms with Gasteiger partial charge in [-0.1, -0.05) is 18.2 Å². The van der Waals surface area contributed by atoms with E-state index in [-0.39, 0.29) is 12.5 Å². The highest BCUT2D eigenvalue weighted by Gasteiger charge is 2.36. The van der Waals surface area contributed by atoms with Crippen molar-refractivity contribution in [3.63, 3.8) is 0 Å². The second-order valence-corrected chi connectivity index (χ2v) is 6.19. The minimum Gasteiger partial charge on any atom is -0.481 e. The average molecular weight is 304 g/mol. The van der Waals surface area contributed by atoms with E-state index >= 15 is 0 Å². The molecule has 0 saturated heterocycles. The van der Waals surface area contributed by atoms with E-state index in [0.717, 1.165) is 23.6 Å². The van der Waals surface area contributed by atoms with E-state index in [1.165, 1.54) is 0 Å². The molecule has 1 aliphatic carbocycles. The van der Waals surface area contributed by atoms with Crippen molar-refractivity contribution in [2.24, 2.45) is 5.92 Å². The van der Waals surface area contributed by atoms with Gasteiger partial charge in [0, 0.05) is 4.90 Å². The summed E-state index contributed by atoms with van der Waals surface area (Å²) >= 11 is 1.65. The molecule has 1 aromatic carbocycles. The zero-order valence-corrected chi connectivity index (χ0v) is 12.2. The third-order valence-corrected chi connectivity index (χ3v) is 4.54. The molecular weight excluding hydrogens is 288 g/mol. The molecule has 1 fully saturated rings. The van der Waals surface area contributed by atoms with Crippen molar-refractivity contribution in [1.82, 2.24) is 20.2 Å². The highest BCUT2D eigenvalue weighted by molar-refractivity contribution is 7.98. The average Bonchev–Trinajstić information content (AvgIpc) is 3.22. The number of hydrogen-bond donors (Lipinski definition) is 1. The van der Waals surface area contributed by atoms with Crippen molar-refractivity contribution >= 4 is 17.7 Å². The number of carboxylic acid groups (broad SMARTS) is 1. The smallest absolute Gasteiger partial charge is 0.305 e. The number of thioether (sulfide) groups is 1. The second-order valence-electron chi connectivity index (χ2n) is 5.14. The molecule has 1 N–H and O–H groups in total. The van der Waals surface area contributed by atoms with Crippen molar-refractivity contribution < 1.29 is 9.90 Å². The van der Waals surface area contributed by atoms with Crippen molar-refractivity contribution in [2.75, 3.05) is 0 Å². The van der Waals surface area contributed by atoms with Crippen LogP contribution in [0, 0.1) is 5.92 Å². The van der Waals surface area contributed by atoms with Crippen LogP contribution in [0.1, 0.15) is 31.1 Å². The van der Waals surface area contributed by atoms with Crippen molar-refractivity contribution in [1.29, 1.82) is 0 Å². The lowest BCUT2D eigenvalue weighted by Crippen LogP contribution is -2.19. The summed E-state index contributed by atoms with van der Waals surface area (Å²) in [5.41, 5.74) is 0. The minimum absolute atomic E-state index is 0.0821. The molecule has 6 nitrogen and oxygen atoms in total. The summed E-state index contributed by atoms with van der Waals surface area (Å²) in [5.74, 6) is 0.969. The van der Waals surface area contributed by atoms with Crippen molar-refractivity contribution in [2.45, 2.75) is 36.0 Å². The number of hydrogen-bond acceptors (Lipinski definition) is 5. The number of aliphatic carboxylic acids is 1. The topological polar surface area (TPSA) is 80.9 Å². The lowest BCUT2D eigenvalue weighted by Gasteiger charge is -2.15. The van der Waals surface area contributed by atoms with E-state index in [0.29, 0.717) is 11.7 Å². The Morgan fingerprint density at radius 2 is 2.14 bits per heavy atom. The number of carbonyl (C=O) groups is 1. The fraction of sp³-hybridized carbons (Fsp3) is 0.429. The van der Waals surface area contributed by atoms with Gasteiger partial charge < -0.3 is 5.11 Å². The molecule has 0 spiro atoms. The summed E-state index contributed by atoms with van der Waals surface area (Å²) in [5, 5.41) is 20.9. The molecule has 0 radical (unpaired) electrons. The predicted molar refractivity (Wildman–Crippen MR) is 77.8 cm³/mol. The first-order chi connectivity index (χ1) is 10.2. The molecule has 1 aliphatic rings. The van der Waals surface area contributed by atoms with Gasteiger partial charge in [-0.25, -0.2) is 4.68 Å². The molecule has 21 heavy (non-hydrogen) atoms. The highest BCUT2D eigenvalue weighted by Crippen LogP contribution is 2.41. The third kappa shape index (κ3) is 3.60. The van der Waals surface area contributed by atoms with Gasteiger partial charge in [0.1, 0.15) is 0 Å². The molecule has 0 amide bonds. The number of aromatic nitrogens is 4. The van der Waals surface area contributed by atoms with Crippen molar-refractivity contribution in [3.8, 4) is 0 Å². The maximum atomic E-state index is 11.0. The largest absolute Gasteiger partial charge is 0.481 e. The lowest BCUT2D eigenvalue weighted by atomic mass is 10.1. The van der Waals surface area contributed by atoms with Gasteiger partial charge >= 0.3 is 5.97 Å². The minimum atomic E-state index is -0.802. The van der Waals surface area contributed by atoms with Gasteiger partial charge in [-0.3, -0.25) is 4.79 Å². The van der Waals surface area contributed by atoms with Gasteiger partial charge in [0.15, 0.2) is 5.82 Å². The summed E-state index contributed by atoms with van der Waals surface area (Å²) in [6.07, 6.45) is 2.20. The molecule has 1 heterocycles. The van der Waals surface area contributed by atoms with E-state index < -0.39 is 5.97 Å². The van der Waals surface area contributed by atoms with Crippen LogP contribution in [-0.4, -0.2) is 31.3 Å². The fourth-order valence-electron chi connectivity index (χ4n) is 2.34. The van der Waals surface area contributed by atoms with E-state index in [1.807, 2.05) is 30.3 Å². The second kappa shape index (κ2) is 6.26. The van der Waals surface area contributed by atoms with Crippen molar-refractivity contribution in [3.05, 3.63) is 36.2 Å². The van der Waals surface area contributed by atoms with Gasteiger partial charge in [-0.05, 0) is 41.3 Å². The Hall–Kier alpha value is -1.89. The van der Waals surface area contributed by atoms with Crippen LogP contribution < -0.4 is 0 Å². The fourth-order valence-corrected chi connectivity index (χ4v) is 3.18. The van der Waals surface area contributed by atoms with Crippen LogP contribution >= 0.6 is 11.8 Å². The molecule has 2 aromatic rings. The van der Waals surface area contributed by atoms with Gasteiger partial charge in [-0.2, -0.15) is 0 Å². The Kier molecular flexibility index (Phi) is 4.19. The zero-order valence-electron chi connectivity index (χ0n) is 11.4. The third-order valence-electron chi connectivity index (χ3n) is 3.54. The van der Waals surface area contributed by atoms with Crippen LogP contribution in [0.4, 0.5) is 0 Å². The monoisotopic (exact) mass is 304 g/mol. The zero-order chi connectivity index (χ0) is 14.7. The standard InChI is InChI=1S/C14H16N4O2S/c19-14(20)8-12(10-6-7-10)18-13(15-16-17-18)9-21-11-4-2-1-3-5-11/h1-5,10,12H,6-9H2,(H,19,20). The summed E-state index contributed by atoms with van der Waals surface area (Å²) in [6.45, 7) is 0. The van der Waals surface area contributed by atoms with Crippen LogP contribution in [-0.2, 0) is 10.5 Å². The van der Waals surface area contributed by atoms with E-state index in [9.17, 15) is 4.79 Å². The van der Waals surface area contributed by atoms with Crippen LogP contribution in [0.3, 0.4) is 0 Å². The molecule has 0 aliphatic heterocycles. The van der Waals surface area contributed by atoms with Gasteiger partial charge in [-0.15, -0.1) is 16.9 Å². The SMILES string of the molecule is O=C(O)CC(C1CC1)n1nnnc1CSc1ccccc1. The molecule has 7 heteroatoms. The number of tetrazole rings is 1. The Morgan fingerprint density at radius 3 is 2.81 bits per heavy atom. The molecule has 3 rings (SSSR count). The molecule has 0 bridgehead atoms. The van der Waals surface area contributed by atoms with Crippen LogP contribution in [0.2, 0.25) is 0 Å². The van der Waals surface area contributed by atoms with Crippen LogP contribution in [0.25, 0.3) is 0 Å². The molecule has 1 atom stereocenters. The Bertz CT molecular complexity index is 612. The molecular formula is C14H16N4O2S. The summed E-state index contributed by atoms with van der Waals surface area (Å²) in [4.78, 5) is 12.2. The summed E-state index contributed by atoms with van der Waals surface area (Å²) in [7, 11) is 0. The molecule has 110 valence electrons. The first-order valence-electron chi connectivity index (χ1n) is 6.90. The number of benzene rings is 1. The van der Waals surface area contributed by atoms with Gasteiger partial charge in [0.25, 0.3) is 0 Å². The van der Waals surface area contributed by atoms with E-state index in [4.69, 9.17) is 5.11 Å². The highest BCUT2D eigenvalue weighted by atomic mass is 32.2. The summed E-state index contributed by atoms with van der Waals surface area (Å²) < 4.78 is 1.71. The van der Waals surface area contributed by atoms with Crippen LogP contribution in [0.15, 0.2) is 35.2 Å². The number of carboxylic acids is 1. The number of nitrogens with zero attached hydrogens (tertiary/aromatic N) is 4. The number of rotatable bonds is 7. The normalized spacial score (nSPS) is 15.8. The first-order valence-corrected chi connectivity index (χ1v) is 7.89. The maximum Gasteiger partial charge on any atom is 0.305 e. The molecule has 1 unspecified atom stereocenters. The van der Waals surface area contributed by atoms with Gasteiger partial charge in [0.2, 0.25) is 0 Å². The van der Waals surface area contributed by atoms with E-state index in [2.05, 4.69) is 15.5 Å². The Morgan fingerprint density at radius 1 is 1.38 bits per heavy atom. The maximum absolute atomic E-state index is 11.0. The lowest BCUT2D eigenvalue weighted by molar-refractivity contribution is -0.138. The van der Waals surface area contributed by atoms with E-state index in [1.54, 1.807) is 16.4 Å². The first kappa shape index (κ1) is 14.1. The predicted octanol–water partition coefficient (Wildman–Crippen LogP) is 2.39. The summed E-state index contributed by atoms with van der Waals surface area (Å²) in [6, 6.07) is 9.90. The Balaban J connectivity index is 1.72. The Labute approximate surface area is 126 Å². The molecule has 1 aromatic heterocycles. The van der Waals surface area contributed by atoms with Gasteiger partial charge in [0.05, 0.1) is 18.2 Å². The van der Waals surface area contributed by atoms with Crippen LogP contribution in [0.5, 0.6) is 0 Å². The molecule has 1 saturated carbocycles. The quantitative estimate of drug-likeness (QED) is 0.791.